The third kappa shape index (κ3) is 6.18. The van der Waals surface area contributed by atoms with E-state index < -0.39 is 77.7 Å². The van der Waals surface area contributed by atoms with Crippen LogP contribution in [-0.2, 0) is 19.2 Å². The molecule has 4 rings (SSSR count). The molecular weight excluding hydrogens is 517 g/mol. The molecule has 4 amide bonds. The summed E-state index contributed by atoms with van der Waals surface area (Å²) < 4.78 is 68.9. The van der Waals surface area contributed by atoms with Gasteiger partial charge in [0.05, 0.1) is 12.0 Å². The minimum atomic E-state index is -5.29. The lowest BCUT2D eigenvalue weighted by Gasteiger charge is -2.55. The SMILES string of the molecule is CC(C)(C)[C@@H](NC(=O)C(F)(F)F)C(=O)N1[C@@H]2CC[C@H]([C@@H]1C(=O)N[C@@H](C#N)C[C@H]1CCCNC1=O)C(F)(F)C2. The molecule has 3 saturated heterocycles. The first-order valence-electron chi connectivity index (χ1n) is 12.5. The van der Waals surface area contributed by atoms with E-state index in [1.165, 1.54) is 20.8 Å². The number of nitrogens with zero attached hydrogens (tertiary/aromatic N) is 2. The predicted octanol–water partition coefficient (Wildman–Crippen LogP) is 2.02. The Hall–Kier alpha value is -2.98. The maximum atomic E-state index is 14.9. The molecule has 4 aliphatic rings. The summed E-state index contributed by atoms with van der Waals surface area (Å²) in [6.45, 7) is 4.69. The number of amides is 4. The Kier molecular flexibility index (Phi) is 8.29. The second kappa shape index (κ2) is 10.6. The molecule has 0 radical (unpaired) electrons. The number of carbonyl (C=O) groups excluding carboxylic acids is 4. The van der Waals surface area contributed by atoms with Crippen LogP contribution in [0, 0.1) is 28.6 Å². The molecule has 2 bridgehead atoms. The first-order chi connectivity index (χ1) is 17.5. The zero-order valence-electron chi connectivity index (χ0n) is 21.3. The highest BCUT2D eigenvalue weighted by molar-refractivity contribution is 5.94. The summed E-state index contributed by atoms with van der Waals surface area (Å²) in [4.78, 5) is 51.7. The smallest absolute Gasteiger partial charge is 0.356 e. The van der Waals surface area contributed by atoms with Gasteiger partial charge in [-0.25, -0.2) is 8.78 Å². The Morgan fingerprint density at radius 2 is 1.82 bits per heavy atom. The van der Waals surface area contributed by atoms with Gasteiger partial charge in [-0.2, -0.15) is 18.4 Å². The fourth-order valence-corrected chi connectivity index (χ4v) is 5.58. The zero-order valence-corrected chi connectivity index (χ0v) is 21.3. The van der Waals surface area contributed by atoms with Crippen LogP contribution in [-0.4, -0.2) is 71.3 Å². The number of hydrogen-bond acceptors (Lipinski definition) is 5. The zero-order chi connectivity index (χ0) is 28.6. The second-order valence-corrected chi connectivity index (χ2v) is 11.3. The molecule has 4 fully saturated rings. The number of halogens is 5. The van der Waals surface area contributed by atoms with Crippen LogP contribution in [0.15, 0.2) is 0 Å². The van der Waals surface area contributed by atoms with Crippen LogP contribution in [0.3, 0.4) is 0 Å². The fourth-order valence-electron chi connectivity index (χ4n) is 5.58. The number of rotatable bonds is 6. The van der Waals surface area contributed by atoms with E-state index in [9.17, 15) is 46.4 Å². The van der Waals surface area contributed by atoms with Crippen molar-refractivity contribution in [3.63, 3.8) is 0 Å². The number of nitriles is 1. The molecule has 212 valence electrons. The fraction of sp³-hybridized carbons (Fsp3) is 0.792. The van der Waals surface area contributed by atoms with Crippen LogP contribution in [0.5, 0.6) is 0 Å². The van der Waals surface area contributed by atoms with Gasteiger partial charge in [0.25, 0.3) is 5.92 Å². The number of nitrogens with one attached hydrogen (secondary N) is 3. The maximum Gasteiger partial charge on any atom is 0.471 e. The second-order valence-electron chi connectivity index (χ2n) is 11.3. The normalized spacial score (nSPS) is 28.5. The average molecular weight is 550 g/mol. The predicted molar refractivity (Wildman–Crippen MR) is 122 cm³/mol. The topological polar surface area (TPSA) is 131 Å². The molecular formula is C24H32F5N5O4. The van der Waals surface area contributed by atoms with Crippen LogP contribution < -0.4 is 16.0 Å². The molecule has 0 spiro atoms. The summed E-state index contributed by atoms with van der Waals surface area (Å²) >= 11 is 0. The number of carbonyl (C=O) groups is 4. The van der Waals surface area contributed by atoms with Gasteiger partial charge in [0, 0.05) is 24.9 Å². The van der Waals surface area contributed by atoms with E-state index in [1.807, 2.05) is 6.07 Å². The van der Waals surface area contributed by atoms with Crippen molar-refractivity contribution in [2.75, 3.05) is 6.54 Å². The van der Waals surface area contributed by atoms with Crippen LogP contribution in [0.2, 0.25) is 0 Å². The van der Waals surface area contributed by atoms with Gasteiger partial charge < -0.3 is 20.9 Å². The molecule has 14 heteroatoms. The van der Waals surface area contributed by atoms with E-state index in [4.69, 9.17) is 0 Å². The molecule has 3 aliphatic heterocycles. The Bertz CT molecular complexity index is 1010. The lowest BCUT2D eigenvalue weighted by atomic mass is 9.70. The number of alkyl halides is 5. The molecule has 0 unspecified atom stereocenters. The highest BCUT2D eigenvalue weighted by Crippen LogP contribution is 2.49. The summed E-state index contributed by atoms with van der Waals surface area (Å²) in [5, 5.41) is 16.3. The largest absolute Gasteiger partial charge is 0.471 e. The van der Waals surface area contributed by atoms with Crippen LogP contribution in [0.1, 0.15) is 59.3 Å². The lowest BCUT2D eigenvalue weighted by Crippen LogP contribution is -2.71. The third-order valence-corrected chi connectivity index (χ3v) is 7.50. The van der Waals surface area contributed by atoms with E-state index in [0.29, 0.717) is 19.4 Å². The van der Waals surface area contributed by atoms with Crippen molar-refractivity contribution < 1.29 is 41.1 Å². The van der Waals surface area contributed by atoms with Gasteiger partial charge in [-0.1, -0.05) is 20.8 Å². The minimum Gasteiger partial charge on any atom is -0.356 e. The van der Waals surface area contributed by atoms with Gasteiger partial charge >= 0.3 is 12.1 Å². The summed E-state index contributed by atoms with van der Waals surface area (Å²) in [7, 11) is 0. The highest BCUT2D eigenvalue weighted by atomic mass is 19.4. The van der Waals surface area contributed by atoms with E-state index in [0.717, 1.165) is 4.90 Å². The molecule has 38 heavy (non-hydrogen) atoms. The third-order valence-electron chi connectivity index (χ3n) is 7.50. The molecule has 6 atom stereocenters. The molecule has 1 aliphatic carbocycles. The van der Waals surface area contributed by atoms with E-state index >= 15 is 0 Å². The number of fused-ring (bicyclic) bond motifs is 3. The molecule has 9 nitrogen and oxygen atoms in total. The van der Waals surface area contributed by atoms with Crippen molar-refractivity contribution in [2.24, 2.45) is 17.3 Å². The van der Waals surface area contributed by atoms with Gasteiger partial charge in [0.2, 0.25) is 17.7 Å². The highest BCUT2D eigenvalue weighted by Gasteiger charge is 2.61. The van der Waals surface area contributed by atoms with Crippen molar-refractivity contribution in [1.82, 2.24) is 20.9 Å². The Morgan fingerprint density at radius 1 is 1.16 bits per heavy atom. The van der Waals surface area contributed by atoms with E-state index in [2.05, 4.69) is 10.6 Å². The minimum absolute atomic E-state index is 0.0640. The average Bonchev–Trinajstić information content (AvgIpc) is 2.80. The summed E-state index contributed by atoms with van der Waals surface area (Å²) in [5.41, 5.74) is -1.26. The van der Waals surface area contributed by atoms with Gasteiger partial charge in [-0.05, 0) is 37.5 Å². The lowest BCUT2D eigenvalue weighted by molar-refractivity contribution is -0.197. The molecule has 0 aromatic rings. The molecule has 0 aromatic carbocycles. The Morgan fingerprint density at radius 3 is 2.34 bits per heavy atom. The molecule has 3 N–H and O–H groups in total. The summed E-state index contributed by atoms with van der Waals surface area (Å²) in [6, 6.07) is -4.06. The standard InChI is InChI=1S/C24H32F5N5O4/c1-22(2,3)17(33-21(38)24(27,28)29)20(37)34-14-6-7-15(23(25,26)10-14)16(34)19(36)32-13(11-30)9-12-5-4-8-31-18(12)35/h12-17H,4-10H2,1-3H3,(H,31,35)(H,32,36)(H,33,38)/t12-,13-,14-,15-,16-,17+/m1/s1. The number of hydrogen-bond donors (Lipinski definition) is 3. The Labute approximate surface area is 216 Å². The van der Waals surface area contributed by atoms with E-state index in [1.54, 1.807) is 5.32 Å². The molecule has 3 heterocycles. The van der Waals surface area contributed by atoms with Crippen LogP contribution in [0.25, 0.3) is 0 Å². The van der Waals surface area contributed by atoms with Crippen molar-refractivity contribution in [2.45, 2.75) is 95.6 Å². The quantitative estimate of drug-likeness (QED) is 0.437. The summed E-state index contributed by atoms with van der Waals surface area (Å²) in [5.74, 6) is -10.3. The van der Waals surface area contributed by atoms with Crippen molar-refractivity contribution in [3.05, 3.63) is 0 Å². The molecule has 1 saturated carbocycles. The first-order valence-corrected chi connectivity index (χ1v) is 12.5. The van der Waals surface area contributed by atoms with Crippen molar-refractivity contribution in [1.29, 1.82) is 5.26 Å². The van der Waals surface area contributed by atoms with Crippen molar-refractivity contribution in [3.8, 4) is 6.07 Å². The monoisotopic (exact) mass is 549 g/mol. The van der Waals surface area contributed by atoms with Crippen LogP contribution >= 0.6 is 0 Å². The van der Waals surface area contributed by atoms with Crippen LogP contribution in [0.4, 0.5) is 22.0 Å². The Balaban J connectivity index is 1.90. The maximum absolute atomic E-state index is 14.9. The van der Waals surface area contributed by atoms with Gasteiger partial charge in [-0.3, -0.25) is 19.2 Å². The van der Waals surface area contributed by atoms with Gasteiger partial charge in [-0.15, -0.1) is 0 Å². The molecule has 0 aromatic heterocycles. The van der Waals surface area contributed by atoms with Crippen molar-refractivity contribution >= 4 is 23.6 Å². The van der Waals surface area contributed by atoms with Gasteiger partial charge in [0.15, 0.2) is 0 Å². The summed E-state index contributed by atoms with van der Waals surface area (Å²) in [6.07, 6.45) is -5.00. The van der Waals surface area contributed by atoms with Gasteiger partial charge in [0.1, 0.15) is 18.1 Å². The first kappa shape index (κ1) is 29.6. The number of piperidine rings is 3. The van der Waals surface area contributed by atoms with E-state index in [-0.39, 0.29) is 25.2 Å².